The molecule has 7 rings (SSSR count). The van der Waals surface area contributed by atoms with Gasteiger partial charge in [-0.05, 0) is 69.7 Å². The first-order valence-corrected chi connectivity index (χ1v) is 15.4. The van der Waals surface area contributed by atoms with Crippen molar-refractivity contribution in [2.24, 2.45) is 0 Å². The fraction of sp³-hybridized carbons (Fsp3) is 0.515. The van der Waals surface area contributed by atoms with Crippen LogP contribution in [0.1, 0.15) is 80.0 Å². The Hall–Kier alpha value is -3.83. The minimum Gasteiger partial charge on any atom is -0.458 e. The van der Waals surface area contributed by atoms with Crippen LogP contribution in [0, 0.1) is 12.7 Å². The Morgan fingerprint density at radius 2 is 1.89 bits per heavy atom. The van der Waals surface area contributed by atoms with Gasteiger partial charge in [-0.2, -0.15) is 0 Å². The van der Waals surface area contributed by atoms with E-state index < -0.39 is 17.2 Å². The van der Waals surface area contributed by atoms with Crippen molar-refractivity contribution >= 4 is 23.0 Å². The Labute approximate surface area is 254 Å². The van der Waals surface area contributed by atoms with Crippen LogP contribution >= 0.6 is 0 Å². The molecule has 232 valence electrons. The predicted molar refractivity (Wildman–Crippen MR) is 160 cm³/mol. The zero-order valence-electron chi connectivity index (χ0n) is 25.8. The zero-order chi connectivity index (χ0) is 31.3. The van der Waals surface area contributed by atoms with Gasteiger partial charge in [0.1, 0.15) is 18.0 Å². The van der Waals surface area contributed by atoms with Gasteiger partial charge in [-0.1, -0.05) is 6.92 Å². The minimum absolute atomic E-state index is 0.0236. The first-order chi connectivity index (χ1) is 20.8. The van der Waals surface area contributed by atoms with E-state index in [1.807, 2.05) is 20.8 Å². The third kappa shape index (κ3) is 4.19. The van der Waals surface area contributed by atoms with Gasteiger partial charge in [0.05, 0.1) is 29.0 Å². The molecular formula is C33H37FN4O6. The number of cyclic esters (lactones) is 1. The molecule has 4 aliphatic rings. The van der Waals surface area contributed by atoms with E-state index in [0.29, 0.717) is 55.1 Å². The SMILES string of the molecule is CC[C@@]1(O)C(=O)OCc2c1cc1n(c2=O)Cc2c-1nc1cc(F)c(C)c3c1c2[C@@H](N1CCN(C(=O)OC(C)(C)C)CC1)CC3. The molecule has 1 aromatic carbocycles. The summed E-state index contributed by atoms with van der Waals surface area (Å²) in [6.07, 6.45) is 1.18. The summed E-state index contributed by atoms with van der Waals surface area (Å²) in [5.41, 5.74) is 2.78. The maximum absolute atomic E-state index is 15.2. The Bertz CT molecular complexity index is 1820. The van der Waals surface area contributed by atoms with Gasteiger partial charge in [-0.25, -0.2) is 19.0 Å². The van der Waals surface area contributed by atoms with Crippen molar-refractivity contribution < 1.29 is 28.6 Å². The van der Waals surface area contributed by atoms with Gasteiger partial charge in [-0.3, -0.25) is 9.69 Å². The molecule has 10 nitrogen and oxygen atoms in total. The molecule has 0 spiro atoms. The number of hydrogen-bond acceptors (Lipinski definition) is 8. The summed E-state index contributed by atoms with van der Waals surface area (Å²) >= 11 is 0. The van der Waals surface area contributed by atoms with Gasteiger partial charge in [-0.15, -0.1) is 0 Å². The van der Waals surface area contributed by atoms with Gasteiger partial charge in [0, 0.05) is 54.8 Å². The van der Waals surface area contributed by atoms with Gasteiger partial charge in [0.2, 0.25) is 0 Å². The number of aromatic nitrogens is 2. The lowest BCUT2D eigenvalue weighted by Gasteiger charge is -2.42. The number of carbonyl (C=O) groups excluding carboxylic acids is 2. The molecule has 1 saturated heterocycles. The largest absolute Gasteiger partial charge is 0.458 e. The molecule has 3 aromatic rings. The number of aliphatic hydroxyl groups is 1. The number of carbonyl (C=O) groups is 2. The number of hydrogen-bond donors (Lipinski definition) is 1. The van der Waals surface area contributed by atoms with Crippen molar-refractivity contribution in [3.8, 4) is 11.4 Å². The summed E-state index contributed by atoms with van der Waals surface area (Å²) < 4.78 is 27.7. The smallest absolute Gasteiger partial charge is 0.410 e. The first-order valence-electron chi connectivity index (χ1n) is 15.4. The number of fused-ring (bicyclic) bond motifs is 5. The second-order valence-corrected chi connectivity index (χ2v) is 13.4. The lowest BCUT2D eigenvalue weighted by molar-refractivity contribution is -0.172. The molecule has 1 amide bonds. The highest BCUT2D eigenvalue weighted by Crippen LogP contribution is 2.47. The van der Waals surface area contributed by atoms with Crippen LogP contribution in [0.15, 0.2) is 16.9 Å². The molecule has 44 heavy (non-hydrogen) atoms. The summed E-state index contributed by atoms with van der Waals surface area (Å²) in [5.74, 6) is -1.09. The number of benzene rings is 1. The molecule has 1 aliphatic carbocycles. The maximum Gasteiger partial charge on any atom is 0.410 e. The highest BCUT2D eigenvalue weighted by atomic mass is 19.1. The number of nitrogens with zero attached hydrogens (tertiary/aromatic N) is 4. The molecule has 0 bridgehead atoms. The van der Waals surface area contributed by atoms with Gasteiger partial charge in [0.25, 0.3) is 5.56 Å². The highest BCUT2D eigenvalue weighted by Gasteiger charge is 2.46. The van der Waals surface area contributed by atoms with Crippen molar-refractivity contribution in [2.45, 2.75) is 84.3 Å². The van der Waals surface area contributed by atoms with Crippen molar-refractivity contribution in [1.82, 2.24) is 19.4 Å². The fourth-order valence-electron chi connectivity index (χ4n) is 7.44. The number of pyridine rings is 2. The Morgan fingerprint density at radius 1 is 1.16 bits per heavy atom. The van der Waals surface area contributed by atoms with Gasteiger partial charge < -0.3 is 24.0 Å². The average Bonchev–Trinajstić information content (AvgIpc) is 3.36. The second-order valence-electron chi connectivity index (χ2n) is 13.4. The number of esters is 1. The second kappa shape index (κ2) is 9.84. The van der Waals surface area contributed by atoms with E-state index in [9.17, 15) is 19.5 Å². The fourth-order valence-corrected chi connectivity index (χ4v) is 7.44. The number of amides is 1. The first kappa shape index (κ1) is 28.9. The Kier molecular flexibility index (Phi) is 6.46. The van der Waals surface area contributed by atoms with Crippen LogP contribution in [0.25, 0.3) is 22.3 Å². The Balaban J connectivity index is 1.35. The van der Waals surface area contributed by atoms with Crippen LogP contribution in [-0.2, 0) is 39.4 Å². The van der Waals surface area contributed by atoms with E-state index in [1.165, 1.54) is 6.07 Å². The standard InChI is InChI=1S/C33H37FN4O6/c1-6-33(42)21-13-25-28-19(15-38(25)29(39)20(21)16-43-30(33)40)27-24(8-7-18-17(2)22(34)14-23(35-28)26(18)27)36-9-11-37(12-10-36)31(41)44-32(3,4)5/h13-14,24,42H,6-12,15-16H2,1-5H3/t24-,33-/m0/s1. The summed E-state index contributed by atoms with van der Waals surface area (Å²) in [6.45, 7) is 11.4. The number of halogens is 1. The number of rotatable bonds is 2. The van der Waals surface area contributed by atoms with E-state index in [4.69, 9.17) is 14.5 Å². The molecule has 11 heteroatoms. The molecule has 2 aromatic heterocycles. The molecule has 0 saturated carbocycles. The summed E-state index contributed by atoms with van der Waals surface area (Å²) in [4.78, 5) is 48.3. The molecule has 3 aliphatic heterocycles. The number of aryl methyl sites for hydroxylation is 1. The molecule has 5 heterocycles. The third-order valence-corrected chi connectivity index (χ3v) is 9.75. The number of piperazine rings is 1. The molecule has 2 atom stereocenters. The van der Waals surface area contributed by atoms with Gasteiger partial charge in [0.15, 0.2) is 5.60 Å². The van der Waals surface area contributed by atoms with Crippen LogP contribution in [0.3, 0.4) is 0 Å². The summed E-state index contributed by atoms with van der Waals surface area (Å²) in [5, 5.41) is 12.2. The van der Waals surface area contributed by atoms with Crippen LogP contribution < -0.4 is 5.56 Å². The maximum atomic E-state index is 15.2. The lowest BCUT2D eigenvalue weighted by Crippen LogP contribution is -2.51. The third-order valence-electron chi connectivity index (χ3n) is 9.75. The molecule has 1 N–H and O–H groups in total. The van der Waals surface area contributed by atoms with Crippen molar-refractivity contribution in [3.63, 3.8) is 0 Å². The van der Waals surface area contributed by atoms with Crippen molar-refractivity contribution in [2.75, 3.05) is 26.2 Å². The van der Waals surface area contributed by atoms with Gasteiger partial charge >= 0.3 is 12.1 Å². The van der Waals surface area contributed by atoms with Crippen LogP contribution in [0.2, 0.25) is 0 Å². The highest BCUT2D eigenvalue weighted by molar-refractivity contribution is 5.93. The summed E-state index contributed by atoms with van der Waals surface area (Å²) in [6, 6.07) is 3.14. The average molecular weight is 605 g/mol. The molecular weight excluding hydrogens is 567 g/mol. The van der Waals surface area contributed by atoms with Crippen LogP contribution in [0.5, 0.6) is 0 Å². The van der Waals surface area contributed by atoms with E-state index in [0.717, 1.165) is 28.5 Å². The van der Waals surface area contributed by atoms with Crippen molar-refractivity contribution in [3.05, 3.63) is 61.7 Å². The summed E-state index contributed by atoms with van der Waals surface area (Å²) in [7, 11) is 0. The van der Waals surface area contributed by atoms with Crippen LogP contribution in [0.4, 0.5) is 9.18 Å². The van der Waals surface area contributed by atoms with Crippen molar-refractivity contribution in [1.29, 1.82) is 0 Å². The van der Waals surface area contributed by atoms with E-state index in [2.05, 4.69) is 4.90 Å². The monoisotopic (exact) mass is 604 g/mol. The Morgan fingerprint density at radius 3 is 2.57 bits per heavy atom. The molecule has 0 unspecified atom stereocenters. The number of ether oxygens (including phenoxy) is 2. The molecule has 1 fully saturated rings. The van der Waals surface area contributed by atoms with E-state index in [-0.39, 0.29) is 54.2 Å². The molecule has 0 radical (unpaired) electrons. The van der Waals surface area contributed by atoms with E-state index in [1.54, 1.807) is 29.4 Å². The normalized spacial score (nSPS) is 22.8. The lowest BCUT2D eigenvalue weighted by atomic mass is 9.81. The predicted octanol–water partition coefficient (Wildman–Crippen LogP) is 4.07. The quantitative estimate of drug-likeness (QED) is 0.341. The minimum atomic E-state index is -1.93. The zero-order valence-corrected chi connectivity index (χ0v) is 25.8. The van der Waals surface area contributed by atoms with E-state index >= 15 is 4.39 Å². The topological polar surface area (TPSA) is 114 Å². The van der Waals surface area contributed by atoms with Crippen LogP contribution in [-0.4, -0.2) is 68.3 Å².